The lowest BCUT2D eigenvalue weighted by molar-refractivity contribution is 0.306. The van der Waals surface area contributed by atoms with Crippen molar-refractivity contribution in [1.29, 1.82) is 0 Å². The molecule has 1 aromatic carbocycles. The summed E-state index contributed by atoms with van der Waals surface area (Å²) in [5.41, 5.74) is 12.0. The summed E-state index contributed by atoms with van der Waals surface area (Å²) in [6, 6.07) is 4.64. The third kappa shape index (κ3) is 3.33. The van der Waals surface area contributed by atoms with Gasteiger partial charge < -0.3 is 10.6 Å². The van der Waals surface area contributed by atoms with Gasteiger partial charge in [-0.05, 0) is 69.3 Å². The fourth-order valence-corrected chi connectivity index (χ4v) is 2.54. The molecule has 1 aliphatic rings. The third-order valence-electron chi connectivity index (χ3n) is 4.19. The lowest BCUT2D eigenvalue weighted by Crippen LogP contribution is -2.38. The monoisotopic (exact) mass is 246 g/mol. The van der Waals surface area contributed by atoms with Crippen molar-refractivity contribution in [3.05, 3.63) is 34.4 Å². The summed E-state index contributed by atoms with van der Waals surface area (Å²) in [7, 11) is 2.18. The molecular weight excluding hydrogens is 220 g/mol. The standard InChI is InChI=1S/C16H26N2/c1-12-9-14(3)15(10-13(12)2)5-8-18(4)11-16(17)6-7-16/h9-10H,5-8,11,17H2,1-4H3. The molecular formula is C16H26N2. The molecule has 1 fully saturated rings. The fraction of sp³-hybridized carbons (Fsp3) is 0.625. The molecule has 1 aromatic rings. The van der Waals surface area contributed by atoms with E-state index < -0.39 is 0 Å². The lowest BCUT2D eigenvalue weighted by atomic mass is 9.98. The number of nitrogens with zero attached hydrogens (tertiary/aromatic N) is 1. The highest BCUT2D eigenvalue weighted by molar-refractivity contribution is 5.36. The molecule has 0 radical (unpaired) electrons. The van der Waals surface area contributed by atoms with Crippen LogP contribution < -0.4 is 5.73 Å². The number of rotatable bonds is 5. The highest BCUT2D eigenvalue weighted by Gasteiger charge is 2.38. The third-order valence-corrected chi connectivity index (χ3v) is 4.19. The van der Waals surface area contributed by atoms with E-state index in [0.717, 1.165) is 19.5 Å². The quantitative estimate of drug-likeness (QED) is 0.865. The number of likely N-dealkylation sites (N-methyl/N-ethyl adjacent to an activating group) is 1. The van der Waals surface area contributed by atoms with E-state index in [0.29, 0.717) is 0 Å². The average Bonchev–Trinajstić information content (AvgIpc) is 2.99. The summed E-state index contributed by atoms with van der Waals surface area (Å²) in [5, 5.41) is 0. The van der Waals surface area contributed by atoms with Crippen molar-refractivity contribution in [2.75, 3.05) is 20.1 Å². The van der Waals surface area contributed by atoms with Gasteiger partial charge in [0.25, 0.3) is 0 Å². The van der Waals surface area contributed by atoms with E-state index in [4.69, 9.17) is 5.73 Å². The normalized spacial score (nSPS) is 17.2. The predicted octanol–water partition coefficient (Wildman–Crippen LogP) is 2.58. The molecule has 0 bridgehead atoms. The van der Waals surface area contributed by atoms with E-state index in [1.165, 1.54) is 35.1 Å². The summed E-state index contributed by atoms with van der Waals surface area (Å²) >= 11 is 0. The van der Waals surface area contributed by atoms with Crippen LogP contribution in [0.2, 0.25) is 0 Å². The Labute approximate surface area is 111 Å². The molecule has 0 aromatic heterocycles. The Hall–Kier alpha value is -0.860. The Bertz CT molecular complexity index is 433. The van der Waals surface area contributed by atoms with E-state index >= 15 is 0 Å². The van der Waals surface area contributed by atoms with Crippen molar-refractivity contribution in [2.45, 2.75) is 45.6 Å². The van der Waals surface area contributed by atoms with Crippen LogP contribution in [0.5, 0.6) is 0 Å². The van der Waals surface area contributed by atoms with Crippen molar-refractivity contribution < 1.29 is 0 Å². The minimum absolute atomic E-state index is 0.132. The van der Waals surface area contributed by atoms with Gasteiger partial charge in [0.2, 0.25) is 0 Å². The number of nitrogens with two attached hydrogens (primary N) is 1. The number of hydrogen-bond donors (Lipinski definition) is 1. The zero-order valence-corrected chi connectivity index (χ0v) is 12.2. The first-order chi connectivity index (χ1) is 8.39. The average molecular weight is 246 g/mol. The number of aryl methyl sites for hydroxylation is 3. The Morgan fingerprint density at radius 1 is 1.11 bits per heavy atom. The maximum atomic E-state index is 6.15. The van der Waals surface area contributed by atoms with Crippen LogP contribution in [0.3, 0.4) is 0 Å². The predicted molar refractivity (Wildman–Crippen MR) is 78.0 cm³/mol. The SMILES string of the molecule is Cc1cc(C)c(CCN(C)CC2(N)CC2)cc1C. The van der Waals surface area contributed by atoms with Crippen LogP contribution in [0.4, 0.5) is 0 Å². The van der Waals surface area contributed by atoms with Crippen molar-refractivity contribution in [2.24, 2.45) is 5.73 Å². The Kier molecular flexibility index (Phi) is 3.79. The molecule has 0 saturated heterocycles. The zero-order chi connectivity index (χ0) is 13.3. The van der Waals surface area contributed by atoms with Crippen molar-refractivity contribution in [3.8, 4) is 0 Å². The first-order valence-corrected chi connectivity index (χ1v) is 6.94. The van der Waals surface area contributed by atoms with Crippen molar-refractivity contribution >= 4 is 0 Å². The molecule has 1 aliphatic carbocycles. The van der Waals surface area contributed by atoms with Gasteiger partial charge in [-0.1, -0.05) is 12.1 Å². The Balaban J connectivity index is 1.91. The molecule has 0 spiro atoms. The van der Waals surface area contributed by atoms with Gasteiger partial charge in [0, 0.05) is 18.6 Å². The molecule has 2 heteroatoms. The minimum Gasteiger partial charge on any atom is -0.324 e. The maximum absolute atomic E-state index is 6.15. The molecule has 2 rings (SSSR count). The van der Waals surface area contributed by atoms with Gasteiger partial charge in [-0.3, -0.25) is 0 Å². The maximum Gasteiger partial charge on any atom is 0.0284 e. The van der Waals surface area contributed by atoms with Gasteiger partial charge in [0.15, 0.2) is 0 Å². The molecule has 0 aliphatic heterocycles. The van der Waals surface area contributed by atoms with Gasteiger partial charge in [0.1, 0.15) is 0 Å². The van der Waals surface area contributed by atoms with Gasteiger partial charge in [-0.25, -0.2) is 0 Å². The second-order valence-corrected chi connectivity index (χ2v) is 6.21. The van der Waals surface area contributed by atoms with Gasteiger partial charge in [-0.2, -0.15) is 0 Å². The summed E-state index contributed by atoms with van der Waals surface area (Å²) in [6.07, 6.45) is 3.51. The van der Waals surface area contributed by atoms with Crippen LogP contribution in [0.1, 0.15) is 35.1 Å². The summed E-state index contributed by atoms with van der Waals surface area (Å²) in [6.45, 7) is 8.73. The smallest absolute Gasteiger partial charge is 0.0284 e. The Morgan fingerprint density at radius 2 is 1.72 bits per heavy atom. The summed E-state index contributed by atoms with van der Waals surface area (Å²) < 4.78 is 0. The van der Waals surface area contributed by atoms with Crippen LogP contribution in [0, 0.1) is 20.8 Å². The van der Waals surface area contributed by atoms with Crippen LogP contribution >= 0.6 is 0 Å². The van der Waals surface area contributed by atoms with Crippen molar-refractivity contribution in [1.82, 2.24) is 4.90 Å². The van der Waals surface area contributed by atoms with E-state index in [-0.39, 0.29) is 5.54 Å². The molecule has 0 atom stereocenters. The molecule has 100 valence electrons. The molecule has 18 heavy (non-hydrogen) atoms. The fourth-order valence-electron chi connectivity index (χ4n) is 2.54. The first-order valence-electron chi connectivity index (χ1n) is 6.94. The molecule has 0 amide bonds. The van der Waals surface area contributed by atoms with Crippen LogP contribution in [0.25, 0.3) is 0 Å². The highest BCUT2D eigenvalue weighted by atomic mass is 15.1. The van der Waals surface area contributed by atoms with Gasteiger partial charge in [-0.15, -0.1) is 0 Å². The Morgan fingerprint density at radius 3 is 2.33 bits per heavy atom. The van der Waals surface area contributed by atoms with E-state index in [2.05, 4.69) is 44.9 Å². The molecule has 2 nitrogen and oxygen atoms in total. The van der Waals surface area contributed by atoms with Crippen molar-refractivity contribution in [3.63, 3.8) is 0 Å². The molecule has 0 unspecified atom stereocenters. The molecule has 1 saturated carbocycles. The van der Waals surface area contributed by atoms with Crippen LogP contribution in [-0.2, 0) is 6.42 Å². The van der Waals surface area contributed by atoms with E-state index in [1.54, 1.807) is 0 Å². The second-order valence-electron chi connectivity index (χ2n) is 6.21. The van der Waals surface area contributed by atoms with E-state index in [1.807, 2.05) is 0 Å². The van der Waals surface area contributed by atoms with Crippen LogP contribution in [-0.4, -0.2) is 30.6 Å². The molecule has 0 heterocycles. The largest absolute Gasteiger partial charge is 0.324 e. The number of hydrogen-bond acceptors (Lipinski definition) is 2. The second kappa shape index (κ2) is 5.02. The van der Waals surface area contributed by atoms with Gasteiger partial charge >= 0.3 is 0 Å². The lowest BCUT2D eigenvalue weighted by Gasteiger charge is -2.21. The number of benzene rings is 1. The zero-order valence-electron chi connectivity index (χ0n) is 12.2. The molecule has 2 N–H and O–H groups in total. The topological polar surface area (TPSA) is 29.3 Å². The highest BCUT2D eigenvalue weighted by Crippen LogP contribution is 2.32. The first kappa shape index (κ1) is 13.6. The summed E-state index contributed by atoms with van der Waals surface area (Å²) in [5.74, 6) is 0. The minimum atomic E-state index is 0.132. The van der Waals surface area contributed by atoms with Gasteiger partial charge in [0.05, 0.1) is 0 Å². The van der Waals surface area contributed by atoms with Crippen LogP contribution in [0.15, 0.2) is 12.1 Å². The van der Waals surface area contributed by atoms with E-state index in [9.17, 15) is 0 Å². The summed E-state index contributed by atoms with van der Waals surface area (Å²) in [4.78, 5) is 2.38.